The summed E-state index contributed by atoms with van der Waals surface area (Å²) in [5, 5.41) is 6.44. The monoisotopic (exact) mass is 601 g/mol. The van der Waals surface area contributed by atoms with Gasteiger partial charge in [0.1, 0.15) is 0 Å². The molecule has 4 aromatic rings. The van der Waals surface area contributed by atoms with Crippen molar-refractivity contribution in [3.05, 3.63) is 154 Å². The van der Waals surface area contributed by atoms with Gasteiger partial charge in [-0.05, 0) is 144 Å². The van der Waals surface area contributed by atoms with Crippen LogP contribution in [0.3, 0.4) is 0 Å². The molecule has 43 heavy (non-hydrogen) atoms. The summed E-state index contributed by atoms with van der Waals surface area (Å²) < 4.78 is 0. The Hall–Kier alpha value is -3.32. The zero-order chi connectivity index (χ0) is 30.8. The first kappa shape index (κ1) is 29.7. The van der Waals surface area contributed by atoms with Gasteiger partial charge in [0.15, 0.2) is 0 Å². The maximum atomic E-state index is 6.44. The van der Waals surface area contributed by atoms with E-state index in [-0.39, 0.29) is 10.8 Å². The molecule has 2 aliphatic carbocycles. The lowest BCUT2D eigenvalue weighted by Gasteiger charge is -2.28. The van der Waals surface area contributed by atoms with Gasteiger partial charge in [0, 0.05) is 10.0 Å². The van der Waals surface area contributed by atoms with E-state index in [1.807, 2.05) is 24.3 Å². The highest BCUT2D eigenvalue weighted by Crippen LogP contribution is 2.38. The van der Waals surface area contributed by atoms with Gasteiger partial charge in [-0.3, -0.25) is 0 Å². The Bertz CT molecular complexity index is 2010. The lowest BCUT2D eigenvalue weighted by Crippen LogP contribution is -2.30. The predicted molar refractivity (Wildman–Crippen MR) is 185 cm³/mol. The molecule has 0 unspecified atom stereocenters. The first-order valence-corrected chi connectivity index (χ1v) is 15.9. The summed E-state index contributed by atoms with van der Waals surface area (Å²) in [5.74, 6) is 0. The Morgan fingerprint density at radius 2 is 1.35 bits per heavy atom. The number of aryl methyl sites for hydroxylation is 1. The Morgan fingerprint density at radius 1 is 0.767 bits per heavy atom. The Kier molecular flexibility index (Phi) is 7.39. The van der Waals surface area contributed by atoms with Crippen LogP contribution >= 0.6 is 23.2 Å². The molecule has 0 aromatic heterocycles. The quantitative estimate of drug-likeness (QED) is 0.193. The normalized spacial score (nSPS) is 14.0. The molecule has 0 N–H and O–H groups in total. The number of hydrogen-bond donors (Lipinski definition) is 0. The summed E-state index contributed by atoms with van der Waals surface area (Å²) in [6.07, 6.45) is 11.6. The van der Waals surface area contributed by atoms with E-state index in [1.54, 1.807) is 0 Å². The van der Waals surface area contributed by atoms with Gasteiger partial charge in [-0.1, -0.05) is 113 Å². The average molecular weight is 603 g/mol. The molecule has 6 rings (SSSR count). The second-order valence-electron chi connectivity index (χ2n) is 14.1. The number of fused-ring (bicyclic) bond motifs is 2. The molecule has 0 atom stereocenters. The molecule has 0 nitrogen and oxygen atoms in total. The zero-order valence-corrected chi connectivity index (χ0v) is 28.0. The van der Waals surface area contributed by atoms with Crippen molar-refractivity contribution in [2.75, 3.05) is 0 Å². The predicted octanol–water partition coefficient (Wildman–Crippen LogP) is 10.1. The van der Waals surface area contributed by atoms with Crippen LogP contribution in [0.2, 0.25) is 10.0 Å². The molecule has 0 amide bonds. The van der Waals surface area contributed by atoms with Crippen LogP contribution in [-0.4, -0.2) is 0 Å². The van der Waals surface area contributed by atoms with Gasteiger partial charge in [-0.25, -0.2) is 0 Å². The summed E-state index contributed by atoms with van der Waals surface area (Å²) in [5.41, 5.74) is 12.6. The van der Waals surface area contributed by atoms with Crippen molar-refractivity contribution in [1.82, 2.24) is 0 Å². The molecule has 0 bridgehead atoms. The summed E-state index contributed by atoms with van der Waals surface area (Å²) in [4.78, 5) is 0. The largest absolute Gasteiger partial charge is 0.0843 e. The van der Waals surface area contributed by atoms with Gasteiger partial charge >= 0.3 is 0 Å². The highest BCUT2D eigenvalue weighted by molar-refractivity contribution is 6.31. The third-order valence-electron chi connectivity index (χ3n) is 8.81. The second kappa shape index (κ2) is 10.7. The standard InChI is InChI=1S/C41H39Cl2/c1-24-21-29-22-33-35(26-11-9-10-12-26)25(2)39(41(6,7)8)38(37(33)32(29)23-34(24)40(3,4)5)36(27-13-17-30(42)18-14-27)28-15-19-31(43)20-16-28/h9-11,13-21,23H,12H2,1-8H3. The maximum Gasteiger partial charge on any atom is 0.0406 e. The second-order valence-corrected chi connectivity index (χ2v) is 14.9. The van der Waals surface area contributed by atoms with Gasteiger partial charge < -0.3 is 0 Å². The molecule has 2 heteroatoms. The van der Waals surface area contributed by atoms with Crippen LogP contribution < -0.4 is 10.4 Å². The molecule has 0 fully saturated rings. The van der Waals surface area contributed by atoms with E-state index in [1.165, 1.54) is 65.4 Å². The van der Waals surface area contributed by atoms with Crippen LogP contribution in [0.4, 0.5) is 0 Å². The van der Waals surface area contributed by atoms with Gasteiger partial charge in [0.2, 0.25) is 0 Å². The van der Waals surface area contributed by atoms with Crippen LogP contribution in [-0.2, 0) is 10.8 Å². The van der Waals surface area contributed by atoms with Crippen molar-refractivity contribution in [1.29, 1.82) is 0 Å². The lowest BCUT2D eigenvalue weighted by atomic mass is 9.75. The van der Waals surface area contributed by atoms with Gasteiger partial charge in [-0.2, -0.15) is 0 Å². The van der Waals surface area contributed by atoms with Gasteiger partial charge in [0.05, 0.1) is 0 Å². The van der Waals surface area contributed by atoms with Crippen molar-refractivity contribution < 1.29 is 0 Å². The van der Waals surface area contributed by atoms with Crippen molar-refractivity contribution in [2.24, 2.45) is 0 Å². The summed E-state index contributed by atoms with van der Waals surface area (Å²) >= 11 is 12.9. The topological polar surface area (TPSA) is 0 Å². The zero-order valence-electron chi connectivity index (χ0n) is 26.5. The van der Waals surface area contributed by atoms with Gasteiger partial charge in [-0.15, -0.1) is 0 Å². The molecule has 4 aromatic carbocycles. The van der Waals surface area contributed by atoms with E-state index < -0.39 is 0 Å². The van der Waals surface area contributed by atoms with E-state index in [4.69, 9.17) is 23.2 Å². The minimum atomic E-state index is -0.139. The van der Waals surface area contributed by atoms with E-state index in [2.05, 4.69) is 116 Å². The van der Waals surface area contributed by atoms with Crippen molar-refractivity contribution in [3.8, 4) is 0 Å². The fourth-order valence-corrected chi connectivity index (χ4v) is 7.39. The molecule has 1 radical (unpaired) electrons. The van der Waals surface area contributed by atoms with Crippen molar-refractivity contribution in [2.45, 2.75) is 72.6 Å². The van der Waals surface area contributed by atoms with E-state index in [0.29, 0.717) is 0 Å². The van der Waals surface area contributed by atoms with Crippen molar-refractivity contribution >= 4 is 40.4 Å². The SMILES string of the molecule is Cc1cc2c(cc1C(C)(C)C)=c1c(c(C3=CC=CC3)c(C)c(C(C)(C)C)c1=C(c1ccc(Cl)cc1)c1ccc(Cl)cc1)[C]=2. The first-order chi connectivity index (χ1) is 20.3. The number of halogens is 2. The summed E-state index contributed by atoms with van der Waals surface area (Å²) in [6.45, 7) is 18.5. The Morgan fingerprint density at radius 3 is 1.84 bits per heavy atom. The molecule has 0 aliphatic heterocycles. The highest BCUT2D eigenvalue weighted by Gasteiger charge is 2.29. The molecule has 0 heterocycles. The fourth-order valence-electron chi connectivity index (χ4n) is 7.14. The fraction of sp³-hybridized carbons (Fsp3) is 0.268. The Labute approximate surface area is 266 Å². The molecular formula is C41H39Cl2. The molecule has 0 saturated carbocycles. The van der Waals surface area contributed by atoms with E-state index in [0.717, 1.165) is 27.6 Å². The average Bonchev–Trinajstić information content (AvgIpc) is 3.57. The molecule has 0 spiro atoms. The van der Waals surface area contributed by atoms with Gasteiger partial charge in [0.25, 0.3) is 0 Å². The third-order valence-corrected chi connectivity index (χ3v) is 9.31. The lowest BCUT2D eigenvalue weighted by molar-refractivity contribution is 0.580. The molecular weight excluding hydrogens is 563 g/mol. The molecule has 217 valence electrons. The van der Waals surface area contributed by atoms with Crippen LogP contribution in [0.5, 0.6) is 0 Å². The number of benzene rings is 4. The van der Waals surface area contributed by atoms with Crippen molar-refractivity contribution in [3.63, 3.8) is 0 Å². The summed E-state index contributed by atoms with van der Waals surface area (Å²) in [6, 6.07) is 21.4. The third kappa shape index (κ3) is 5.24. The summed E-state index contributed by atoms with van der Waals surface area (Å²) in [7, 11) is 0. The number of allylic oxidation sites excluding steroid dienone is 4. The number of rotatable bonds is 3. The van der Waals surface area contributed by atoms with Crippen LogP contribution in [0.1, 0.15) is 92.5 Å². The Balaban J connectivity index is 2.00. The number of hydrogen-bond acceptors (Lipinski definition) is 0. The minimum absolute atomic E-state index is 0.0131. The highest BCUT2D eigenvalue weighted by atomic mass is 35.5. The van der Waals surface area contributed by atoms with E-state index >= 15 is 0 Å². The maximum absolute atomic E-state index is 6.44. The molecule has 2 aliphatic rings. The van der Waals surface area contributed by atoms with Crippen LogP contribution in [0.15, 0.2) is 78.9 Å². The smallest absolute Gasteiger partial charge is 0.0406 e. The first-order valence-electron chi connectivity index (χ1n) is 15.1. The van der Waals surface area contributed by atoms with Crippen LogP contribution in [0, 0.1) is 24.3 Å². The van der Waals surface area contributed by atoms with E-state index in [9.17, 15) is 0 Å². The molecule has 0 saturated heterocycles. The van der Waals surface area contributed by atoms with Crippen LogP contribution in [0.25, 0.3) is 17.2 Å². The minimum Gasteiger partial charge on any atom is -0.0843 e.